The van der Waals surface area contributed by atoms with E-state index >= 15 is 0 Å². The van der Waals surface area contributed by atoms with Crippen LogP contribution in [0.25, 0.3) is 0 Å². The molecule has 0 aromatic rings. The Bertz CT molecular complexity index is 98.6. The van der Waals surface area contributed by atoms with Crippen molar-refractivity contribution in [2.75, 3.05) is 12.4 Å². The third-order valence-corrected chi connectivity index (χ3v) is 1.32. The first kappa shape index (κ1) is 7.69. The van der Waals surface area contributed by atoms with Crippen LogP contribution in [0.2, 0.25) is 0 Å². The lowest BCUT2D eigenvalue weighted by atomic mass is 10.4. The molecule has 0 atom stereocenters. The molecule has 0 spiro atoms. The van der Waals surface area contributed by atoms with Crippen molar-refractivity contribution in [2.45, 2.75) is 0 Å². The van der Waals surface area contributed by atoms with E-state index in [4.69, 9.17) is 5.41 Å². The number of hydrogen-bond donors (Lipinski definition) is 2. The molecule has 3 heteroatoms. The fraction of sp³-hybridized carbons (Fsp3) is 0.400. The third-order valence-electron chi connectivity index (χ3n) is 0.669. The molecule has 0 radical (unpaired) electrons. The molecule has 0 unspecified atom stereocenters. The second-order valence-corrected chi connectivity index (χ2v) is 1.85. The molecule has 0 heterocycles. The minimum atomic E-state index is 0.733. The van der Waals surface area contributed by atoms with E-state index in [1.54, 1.807) is 6.20 Å². The average Bonchev–Trinajstić information content (AvgIpc) is 1.83. The molecule has 0 fully saturated rings. The number of allylic oxidation sites excluding steroid dienone is 1. The molecule has 2 nitrogen and oxygen atoms in total. The van der Waals surface area contributed by atoms with Gasteiger partial charge in [-0.15, -0.1) is 0 Å². The summed E-state index contributed by atoms with van der Waals surface area (Å²) in [4.78, 5) is 0. The average molecular weight is 177 g/mol. The summed E-state index contributed by atoms with van der Waals surface area (Å²) < 4.78 is 0. The highest BCUT2D eigenvalue weighted by atomic mass is 79.9. The van der Waals surface area contributed by atoms with Crippen molar-refractivity contribution in [1.82, 2.24) is 5.32 Å². The van der Waals surface area contributed by atoms with Crippen molar-refractivity contribution < 1.29 is 0 Å². The first-order valence-electron chi connectivity index (χ1n) is 2.28. The molecular weight excluding hydrogens is 168 g/mol. The summed E-state index contributed by atoms with van der Waals surface area (Å²) in [5, 5.41) is 10.4. The summed E-state index contributed by atoms with van der Waals surface area (Å²) in [7, 11) is 1.81. The molecule has 0 bridgehead atoms. The van der Waals surface area contributed by atoms with E-state index in [2.05, 4.69) is 21.2 Å². The fourth-order valence-electron chi connectivity index (χ4n) is 0.304. The van der Waals surface area contributed by atoms with Gasteiger partial charge in [-0.3, -0.25) is 0 Å². The molecule has 0 aliphatic heterocycles. The highest BCUT2D eigenvalue weighted by Gasteiger charge is 1.83. The maximum absolute atomic E-state index is 6.80. The highest BCUT2D eigenvalue weighted by molar-refractivity contribution is 9.09. The number of halogens is 1. The molecule has 0 saturated carbocycles. The van der Waals surface area contributed by atoms with Gasteiger partial charge in [0.2, 0.25) is 0 Å². The van der Waals surface area contributed by atoms with E-state index in [9.17, 15) is 0 Å². The van der Waals surface area contributed by atoms with Crippen molar-refractivity contribution in [3.8, 4) is 0 Å². The van der Waals surface area contributed by atoms with E-state index in [0.29, 0.717) is 0 Å². The smallest absolute Gasteiger partial charge is 0.0312 e. The van der Waals surface area contributed by atoms with Gasteiger partial charge in [-0.05, 0) is 5.57 Å². The zero-order chi connectivity index (χ0) is 6.41. The van der Waals surface area contributed by atoms with Crippen LogP contribution in [0.3, 0.4) is 0 Å². The number of nitrogens with one attached hydrogen (secondary N) is 2. The number of alkyl halides is 1. The molecule has 0 rings (SSSR count). The summed E-state index contributed by atoms with van der Waals surface area (Å²) in [6.45, 7) is 0. The van der Waals surface area contributed by atoms with Gasteiger partial charge >= 0.3 is 0 Å². The van der Waals surface area contributed by atoms with Gasteiger partial charge in [0.1, 0.15) is 0 Å². The first-order valence-corrected chi connectivity index (χ1v) is 3.40. The summed E-state index contributed by atoms with van der Waals surface area (Å²) >= 11 is 3.22. The van der Waals surface area contributed by atoms with Crippen molar-refractivity contribution in [1.29, 1.82) is 5.41 Å². The minimum Gasteiger partial charge on any atom is -0.394 e. The Balaban J connectivity index is 3.66. The Morgan fingerprint density at radius 2 is 2.50 bits per heavy atom. The lowest BCUT2D eigenvalue weighted by Gasteiger charge is -1.90. The van der Waals surface area contributed by atoms with Crippen LogP contribution >= 0.6 is 15.9 Å². The van der Waals surface area contributed by atoms with E-state index < -0.39 is 0 Å². The Labute approximate surface area is 57.6 Å². The summed E-state index contributed by atoms with van der Waals surface area (Å²) in [5.74, 6) is 0. The van der Waals surface area contributed by atoms with Crippen LogP contribution in [0.15, 0.2) is 11.8 Å². The zero-order valence-corrected chi connectivity index (χ0v) is 6.33. The number of rotatable bonds is 3. The van der Waals surface area contributed by atoms with Gasteiger partial charge in [0, 0.05) is 24.8 Å². The molecule has 0 aromatic carbocycles. The van der Waals surface area contributed by atoms with E-state index in [1.165, 1.54) is 6.21 Å². The Morgan fingerprint density at radius 3 is 2.62 bits per heavy atom. The first-order chi connectivity index (χ1) is 3.85. The predicted molar refractivity (Wildman–Crippen MR) is 39.7 cm³/mol. The largest absolute Gasteiger partial charge is 0.394 e. The molecule has 0 aromatic heterocycles. The Morgan fingerprint density at radius 1 is 1.88 bits per heavy atom. The quantitative estimate of drug-likeness (QED) is 0.492. The molecule has 46 valence electrons. The molecule has 2 N–H and O–H groups in total. The Kier molecular flexibility index (Phi) is 4.65. The normalized spacial score (nSPS) is 11.0. The van der Waals surface area contributed by atoms with Crippen molar-refractivity contribution in [3.05, 3.63) is 11.8 Å². The minimum absolute atomic E-state index is 0.733. The maximum Gasteiger partial charge on any atom is 0.0312 e. The summed E-state index contributed by atoms with van der Waals surface area (Å²) in [6, 6.07) is 0. The van der Waals surface area contributed by atoms with E-state index in [1.807, 2.05) is 7.05 Å². The second kappa shape index (κ2) is 4.84. The standard InChI is InChI=1S/C5H9BrN2/c1-8-4-5(2-6)3-7/h3-4,7-8H,2H2,1H3/b5-4-,7-3?. The van der Waals surface area contributed by atoms with E-state index in [0.717, 1.165) is 10.9 Å². The monoisotopic (exact) mass is 176 g/mol. The summed E-state index contributed by atoms with van der Waals surface area (Å²) in [5.41, 5.74) is 0.938. The predicted octanol–water partition coefficient (Wildman–Crippen LogP) is 1.13. The van der Waals surface area contributed by atoms with Gasteiger partial charge in [0.25, 0.3) is 0 Å². The van der Waals surface area contributed by atoms with Crippen molar-refractivity contribution >= 4 is 22.1 Å². The van der Waals surface area contributed by atoms with Gasteiger partial charge in [-0.25, -0.2) is 0 Å². The van der Waals surface area contributed by atoms with Crippen LogP contribution in [0.1, 0.15) is 0 Å². The topological polar surface area (TPSA) is 35.9 Å². The van der Waals surface area contributed by atoms with Crippen LogP contribution in [-0.2, 0) is 0 Å². The van der Waals surface area contributed by atoms with Crippen molar-refractivity contribution in [2.24, 2.45) is 0 Å². The molecule has 0 amide bonds. The van der Waals surface area contributed by atoms with Gasteiger partial charge in [-0.2, -0.15) is 0 Å². The maximum atomic E-state index is 6.80. The van der Waals surface area contributed by atoms with Crippen LogP contribution in [0.4, 0.5) is 0 Å². The second-order valence-electron chi connectivity index (χ2n) is 1.29. The van der Waals surface area contributed by atoms with E-state index in [-0.39, 0.29) is 0 Å². The molecule has 0 saturated heterocycles. The molecule has 0 aliphatic carbocycles. The highest BCUT2D eigenvalue weighted by Crippen LogP contribution is 1.92. The number of hydrogen-bond acceptors (Lipinski definition) is 2. The SMILES string of the molecule is CN/C=C(\C=N)CBr. The Hall–Kier alpha value is -0.310. The molecular formula is C5H9BrN2. The van der Waals surface area contributed by atoms with Crippen LogP contribution in [0, 0.1) is 5.41 Å². The van der Waals surface area contributed by atoms with Crippen molar-refractivity contribution in [3.63, 3.8) is 0 Å². The fourth-order valence-corrected chi connectivity index (χ4v) is 0.628. The zero-order valence-electron chi connectivity index (χ0n) is 4.74. The molecule has 8 heavy (non-hydrogen) atoms. The van der Waals surface area contributed by atoms with Gasteiger partial charge in [-0.1, -0.05) is 15.9 Å². The van der Waals surface area contributed by atoms with Crippen LogP contribution in [-0.4, -0.2) is 18.6 Å². The van der Waals surface area contributed by atoms with Gasteiger partial charge in [0.05, 0.1) is 0 Å². The lowest BCUT2D eigenvalue weighted by molar-refractivity contribution is 1.09. The van der Waals surface area contributed by atoms with Gasteiger partial charge in [0.15, 0.2) is 0 Å². The van der Waals surface area contributed by atoms with Crippen LogP contribution in [0.5, 0.6) is 0 Å². The molecule has 0 aliphatic rings. The van der Waals surface area contributed by atoms with Gasteiger partial charge < -0.3 is 10.7 Å². The van der Waals surface area contributed by atoms with Crippen LogP contribution < -0.4 is 5.32 Å². The third kappa shape index (κ3) is 2.80. The lowest BCUT2D eigenvalue weighted by Crippen LogP contribution is -1.97. The summed E-state index contributed by atoms with van der Waals surface area (Å²) in [6.07, 6.45) is 3.09.